The topological polar surface area (TPSA) is 127 Å². The second-order valence-corrected chi connectivity index (χ2v) is 8.87. The van der Waals surface area contributed by atoms with Gasteiger partial charge in [0.25, 0.3) is 0 Å². The van der Waals surface area contributed by atoms with E-state index in [1.54, 1.807) is 16.8 Å². The molecule has 2 aromatic rings. The summed E-state index contributed by atoms with van der Waals surface area (Å²) in [5.74, 6) is 0.0296. The summed E-state index contributed by atoms with van der Waals surface area (Å²) in [4.78, 5) is 7.14. The van der Waals surface area contributed by atoms with Gasteiger partial charge in [-0.1, -0.05) is 13.3 Å². The minimum absolute atomic E-state index is 0. The van der Waals surface area contributed by atoms with E-state index < -0.39 is 16.7 Å². The number of H-pyrrole nitrogens is 1. The Morgan fingerprint density at radius 3 is 3.00 bits per heavy atom. The minimum atomic E-state index is -3.53. The first-order valence-electron chi connectivity index (χ1n) is 9.10. The van der Waals surface area contributed by atoms with Crippen molar-refractivity contribution in [3.8, 4) is 0 Å². The third-order valence-electron chi connectivity index (χ3n) is 5.21. The molecular formula is C17H29FN6O2S. The number of hydrogen-bond acceptors (Lipinski definition) is 5. The molecule has 1 aliphatic carbocycles. The van der Waals surface area contributed by atoms with Crippen molar-refractivity contribution in [2.75, 3.05) is 12.4 Å². The number of aromatic amines is 1. The Morgan fingerprint density at radius 1 is 1.52 bits per heavy atom. The van der Waals surface area contributed by atoms with Gasteiger partial charge in [-0.2, -0.15) is 0 Å². The predicted octanol–water partition coefficient (Wildman–Crippen LogP) is 2.25. The molecule has 0 bridgehead atoms. The lowest BCUT2D eigenvalue weighted by Crippen LogP contribution is -2.36. The monoisotopic (exact) mass is 400 g/mol. The van der Waals surface area contributed by atoms with Crippen molar-refractivity contribution >= 4 is 27.0 Å². The van der Waals surface area contributed by atoms with Gasteiger partial charge in [0.15, 0.2) is 5.65 Å². The summed E-state index contributed by atoms with van der Waals surface area (Å²) in [6, 6.07) is 1.50. The van der Waals surface area contributed by atoms with Crippen molar-refractivity contribution in [2.45, 2.75) is 38.6 Å². The third-order valence-corrected chi connectivity index (χ3v) is 6.72. The van der Waals surface area contributed by atoms with Gasteiger partial charge in [-0.15, -0.1) is 0 Å². The maximum absolute atomic E-state index is 12.3. The van der Waals surface area contributed by atoms with E-state index in [9.17, 15) is 12.8 Å². The van der Waals surface area contributed by atoms with Gasteiger partial charge < -0.3 is 4.98 Å². The summed E-state index contributed by atoms with van der Waals surface area (Å²) in [5.41, 5.74) is 1.38. The normalized spacial score (nSPS) is 23.1. The van der Waals surface area contributed by atoms with Crippen LogP contribution in [-0.2, 0) is 10.0 Å². The first kappa shape index (κ1) is 19.7. The van der Waals surface area contributed by atoms with Crippen LogP contribution in [0.5, 0.6) is 0 Å². The van der Waals surface area contributed by atoms with Gasteiger partial charge in [-0.3, -0.25) is 19.8 Å². The number of halogens is 1. The molecule has 0 unspecified atom stereocenters. The lowest BCUT2D eigenvalue weighted by Gasteiger charge is -2.21. The van der Waals surface area contributed by atoms with Gasteiger partial charge in [-0.25, -0.2) is 18.1 Å². The van der Waals surface area contributed by atoms with E-state index in [2.05, 4.69) is 14.7 Å². The van der Waals surface area contributed by atoms with Crippen LogP contribution in [0.2, 0.25) is 0 Å². The molecule has 0 amide bonds. The molecule has 152 valence electrons. The number of nitrogens with one attached hydrogen (secondary N) is 4. The van der Waals surface area contributed by atoms with Crippen LogP contribution >= 0.6 is 0 Å². The highest BCUT2D eigenvalue weighted by Gasteiger charge is 2.38. The number of sulfonamides is 1. The molecule has 10 heteroatoms. The quantitative estimate of drug-likeness (QED) is 0.420. The van der Waals surface area contributed by atoms with Gasteiger partial charge in [0.1, 0.15) is 11.3 Å². The van der Waals surface area contributed by atoms with Gasteiger partial charge in [0, 0.05) is 21.0 Å². The smallest absolute Gasteiger partial charge is 0.211 e. The van der Waals surface area contributed by atoms with Crippen LogP contribution in [0.3, 0.4) is 0 Å². The van der Waals surface area contributed by atoms with Crippen LogP contribution in [0.4, 0.5) is 4.39 Å². The molecule has 3 atom stereocenters. The average Bonchev–Trinajstić information content (AvgIpc) is 3.25. The molecule has 3 rings (SSSR count). The number of aromatic nitrogens is 3. The Bertz CT molecular complexity index is 993. The molecule has 0 radical (unpaired) electrons. The molecule has 4 N–H and O–H groups in total. The molecule has 1 fully saturated rings. The van der Waals surface area contributed by atoms with Crippen LogP contribution < -0.4 is 10.2 Å². The molecule has 1 saturated carbocycles. The molecule has 2 heterocycles. The Morgan fingerprint density at radius 2 is 2.30 bits per heavy atom. The molecule has 1 aliphatic rings. The van der Waals surface area contributed by atoms with Gasteiger partial charge in [0.05, 0.1) is 24.1 Å². The van der Waals surface area contributed by atoms with Crippen LogP contribution in [0, 0.1) is 22.7 Å². The van der Waals surface area contributed by atoms with Gasteiger partial charge >= 0.3 is 0 Å². The zero-order valence-electron chi connectivity index (χ0n) is 15.2. The highest BCUT2D eigenvalue weighted by atomic mass is 32.2. The summed E-state index contributed by atoms with van der Waals surface area (Å²) in [6.45, 7) is 1.36. The standard InChI is InChI=1S/C17H25FN6O2S.2H2/c1-2-11-8-12(23-27(25,26)7-3-5-18)9-13(11)16(20)24-14-4-6-21-17(14)22-10-15(24)19;;/h4,6,10-13,19-21,23H,2-3,5,7-9H2,1H3;2*1H/t11-,12+,13+;;/m1../s1. The third kappa shape index (κ3) is 4.11. The summed E-state index contributed by atoms with van der Waals surface area (Å²) in [7, 11) is -3.53. The number of rotatable bonds is 7. The fourth-order valence-corrected chi connectivity index (χ4v) is 5.25. The van der Waals surface area contributed by atoms with Gasteiger partial charge in [-0.05, 0) is 31.2 Å². The van der Waals surface area contributed by atoms with Crippen molar-refractivity contribution in [3.05, 3.63) is 23.9 Å². The Labute approximate surface area is 160 Å². The highest BCUT2D eigenvalue weighted by Crippen LogP contribution is 2.36. The maximum Gasteiger partial charge on any atom is 0.211 e. The van der Waals surface area contributed by atoms with E-state index in [1.807, 2.05) is 6.92 Å². The number of nitrogens with zero attached hydrogens (tertiary/aromatic N) is 2. The van der Waals surface area contributed by atoms with Crippen molar-refractivity contribution in [3.63, 3.8) is 0 Å². The summed E-state index contributed by atoms with van der Waals surface area (Å²) < 4.78 is 40.7. The van der Waals surface area contributed by atoms with Gasteiger partial charge in [0.2, 0.25) is 10.0 Å². The van der Waals surface area contributed by atoms with Crippen molar-refractivity contribution in [2.24, 2.45) is 11.8 Å². The van der Waals surface area contributed by atoms with E-state index in [0.29, 0.717) is 24.0 Å². The van der Waals surface area contributed by atoms with Crippen molar-refractivity contribution < 1.29 is 15.7 Å². The minimum Gasteiger partial charge on any atom is -0.345 e. The van der Waals surface area contributed by atoms with E-state index in [4.69, 9.17) is 10.8 Å². The summed E-state index contributed by atoms with van der Waals surface area (Å²) in [6.07, 6.45) is 5.04. The highest BCUT2D eigenvalue weighted by molar-refractivity contribution is 7.89. The molecule has 0 aromatic carbocycles. The maximum atomic E-state index is 12.3. The number of hydrogen-bond donors (Lipinski definition) is 4. The summed E-state index contributed by atoms with van der Waals surface area (Å²) in [5, 5.41) is 16.9. The average molecular weight is 401 g/mol. The fraction of sp³-hybridized carbons (Fsp3) is 0.588. The lowest BCUT2D eigenvalue weighted by molar-refractivity contribution is 0.453. The first-order valence-corrected chi connectivity index (χ1v) is 10.8. The second-order valence-electron chi connectivity index (χ2n) is 7.00. The SMILES string of the molecule is CC[C@@H]1C[C@H](NS(=O)(=O)CCCF)C[C@@H]1C(=N)n1c(=N)cnc2[nH]ccc21.[HH].[HH]. The first-order chi connectivity index (χ1) is 12.9. The lowest BCUT2D eigenvalue weighted by atomic mass is 9.92. The number of alkyl halides is 1. The molecule has 8 nitrogen and oxygen atoms in total. The number of fused-ring (bicyclic) bond motifs is 1. The largest absolute Gasteiger partial charge is 0.345 e. The molecule has 2 aromatic heterocycles. The molecule has 0 saturated heterocycles. The fourth-order valence-electron chi connectivity index (χ4n) is 3.94. The van der Waals surface area contributed by atoms with E-state index in [0.717, 1.165) is 6.42 Å². The van der Waals surface area contributed by atoms with E-state index in [1.165, 1.54) is 6.20 Å². The van der Waals surface area contributed by atoms with Crippen LogP contribution in [0.1, 0.15) is 35.5 Å². The zero-order chi connectivity index (χ0) is 19.6. The van der Waals surface area contributed by atoms with Crippen LogP contribution in [0.25, 0.3) is 11.2 Å². The Balaban J connectivity index is 0.00000210. The molecular weight excluding hydrogens is 371 g/mol. The molecule has 0 spiro atoms. The Kier molecular flexibility index (Phi) is 5.75. The van der Waals surface area contributed by atoms with E-state index in [-0.39, 0.29) is 44.2 Å². The van der Waals surface area contributed by atoms with Crippen LogP contribution in [-0.4, -0.2) is 47.3 Å². The van der Waals surface area contributed by atoms with Crippen molar-refractivity contribution in [1.82, 2.24) is 19.3 Å². The molecule has 27 heavy (non-hydrogen) atoms. The van der Waals surface area contributed by atoms with E-state index >= 15 is 0 Å². The zero-order valence-corrected chi connectivity index (χ0v) is 16.0. The Hall–Kier alpha value is -2.07. The predicted molar refractivity (Wildman–Crippen MR) is 105 cm³/mol. The van der Waals surface area contributed by atoms with Crippen molar-refractivity contribution in [1.29, 1.82) is 10.8 Å². The summed E-state index contributed by atoms with van der Waals surface area (Å²) >= 11 is 0. The van der Waals surface area contributed by atoms with Crippen LogP contribution in [0.15, 0.2) is 18.5 Å². The second kappa shape index (κ2) is 7.89. The molecule has 0 aliphatic heterocycles.